The molecule has 0 atom stereocenters. The monoisotopic (exact) mass is 402 g/mol. The van der Waals surface area contributed by atoms with Crippen molar-refractivity contribution in [1.29, 1.82) is 0 Å². The average Bonchev–Trinajstić information content (AvgIpc) is 3.26. The normalized spacial score (nSPS) is 10.9. The maximum Gasteiger partial charge on any atom is 0.254 e. The molecule has 0 spiro atoms. The Balaban J connectivity index is 1.72. The van der Waals surface area contributed by atoms with E-state index in [-0.39, 0.29) is 24.6 Å². The molecule has 4 rings (SSSR count). The molecule has 0 saturated carbocycles. The number of fused-ring (bicyclic) bond motifs is 1. The number of hydrogen-bond acceptors (Lipinski definition) is 4. The number of H-pyrrole nitrogens is 1. The zero-order valence-electron chi connectivity index (χ0n) is 16.8. The van der Waals surface area contributed by atoms with E-state index in [0.717, 1.165) is 10.9 Å². The number of aromatic nitrogens is 1. The SMILES string of the molecule is COc1ccc2[nH]c(=O)c(CN(Cc3ccco3)C(=O)c3ccccc3C)cc2c1. The second kappa shape index (κ2) is 8.29. The zero-order chi connectivity index (χ0) is 21.1. The number of nitrogens with one attached hydrogen (secondary N) is 1. The first-order chi connectivity index (χ1) is 14.5. The van der Waals surface area contributed by atoms with E-state index in [4.69, 9.17) is 9.15 Å². The van der Waals surface area contributed by atoms with Crippen LogP contribution < -0.4 is 10.3 Å². The summed E-state index contributed by atoms with van der Waals surface area (Å²) in [7, 11) is 1.60. The molecule has 2 heterocycles. The topological polar surface area (TPSA) is 75.5 Å². The number of hydrogen-bond donors (Lipinski definition) is 1. The second-order valence-electron chi connectivity index (χ2n) is 7.13. The van der Waals surface area contributed by atoms with Gasteiger partial charge in [-0.2, -0.15) is 0 Å². The Morgan fingerprint density at radius 2 is 1.90 bits per heavy atom. The standard InChI is InChI=1S/C24H22N2O4/c1-16-6-3-4-8-21(16)24(28)26(15-20-7-5-11-30-20)14-18-12-17-13-19(29-2)9-10-22(17)25-23(18)27/h3-13H,14-15H2,1-2H3,(H,25,27). The van der Waals surface area contributed by atoms with E-state index in [9.17, 15) is 9.59 Å². The summed E-state index contributed by atoms with van der Waals surface area (Å²) in [6.07, 6.45) is 1.57. The highest BCUT2D eigenvalue weighted by molar-refractivity contribution is 5.95. The Kier molecular flexibility index (Phi) is 5.39. The maximum atomic E-state index is 13.3. The first-order valence-corrected chi connectivity index (χ1v) is 9.62. The summed E-state index contributed by atoms with van der Waals surface area (Å²) in [5.74, 6) is 1.19. The third kappa shape index (κ3) is 3.98. The lowest BCUT2D eigenvalue weighted by molar-refractivity contribution is 0.0716. The number of methoxy groups -OCH3 is 1. The number of amides is 1. The number of carbonyl (C=O) groups is 1. The molecule has 6 heteroatoms. The number of furan rings is 1. The van der Waals surface area contributed by atoms with Crippen LogP contribution in [0.1, 0.15) is 27.2 Å². The summed E-state index contributed by atoms with van der Waals surface area (Å²) in [6.45, 7) is 2.31. The largest absolute Gasteiger partial charge is 0.497 e. The summed E-state index contributed by atoms with van der Waals surface area (Å²) in [6, 6.07) is 18.3. The Labute approximate surface area is 173 Å². The second-order valence-corrected chi connectivity index (χ2v) is 7.13. The molecule has 0 bridgehead atoms. The van der Waals surface area contributed by atoms with E-state index >= 15 is 0 Å². The third-order valence-corrected chi connectivity index (χ3v) is 5.08. The van der Waals surface area contributed by atoms with Crippen molar-refractivity contribution in [3.8, 4) is 5.75 Å². The van der Waals surface area contributed by atoms with Gasteiger partial charge in [0.05, 0.1) is 26.5 Å². The molecular weight excluding hydrogens is 380 g/mol. The predicted molar refractivity (Wildman–Crippen MR) is 115 cm³/mol. The van der Waals surface area contributed by atoms with Crippen LogP contribution >= 0.6 is 0 Å². The number of carbonyl (C=O) groups excluding carboxylic acids is 1. The molecule has 0 fully saturated rings. The summed E-state index contributed by atoms with van der Waals surface area (Å²) in [4.78, 5) is 30.5. The smallest absolute Gasteiger partial charge is 0.254 e. The van der Waals surface area contributed by atoms with Crippen LogP contribution in [-0.4, -0.2) is 22.9 Å². The highest BCUT2D eigenvalue weighted by atomic mass is 16.5. The molecule has 0 aliphatic rings. The summed E-state index contributed by atoms with van der Waals surface area (Å²) in [5.41, 5.74) is 2.46. The quantitative estimate of drug-likeness (QED) is 0.522. The lowest BCUT2D eigenvalue weighted by Gasteiger charge is -2.22. The number of nitrogens with zero attached hydrogens (tertiary/aromatic N) is 1. The number of rotatable bonds is 6. The van der Waals surface area contributed by atoms with E-state index in [1.165, 1.54) is 0 Å². The van der Waals surface area contributed by atoms with Gasteiger partial charge in [0.25, 0.3) is 11.5 Å². The molecular formula is C24H22N2O4. The van der Waals surface area contributed by atoms with E-state index < -0.39 is 0 Å². The average molecular weight is 402 g/mol. The molecule has 2 aromatic carbocycles. The maximum absolute atomic E-state index is 13.3. The van der Waals surface area contributed by atoms with Crippen molar-refractivity contribution in [1.82, 2.24) is 9.88 Å². The lowest BCUT2D eigenvalue weighted by atomic mass is 10.1. The Hall–Kier alpha value is -3.80. The molecule has 0 aliphatic carbocycles. The molecule has 0 unspecified atom stereocenters. The van der Waals surface area contributed by atoms with Gasteiger partial charge in [-0.15, -0.1) is 0 Å². The zero-order valence-corrected chi connectivity index (χ0v) is 16.8. The van der Waals surface area contributed by atoms with Gasteiger partial charge in [-0.3, -0.25) is 9.59 Å². The van der Waals surface area contributed by atoms with Crippen LogP contribution in [0.3, 0.4) is 0 Å². The Morgan fingerprint density at radius 3 is 2.63 bits per heavy atom. The molecule has 1 amide bonds. The van der Waals surface area contributed by atoms with Gasteiger partial charge >= 0.3 is 0 Å². The Bertz CT molecular complexity index is 1240. The van der Waals surface area contributed by atoms with Crippen molar-refractivity contribution in [2.75, 3.05) is 7.11 Å². The summed E-state index contributed by atoms with van der Waals surface area (Å²) in [5, 5.41) is 0.838. The fraction of sp³-hybridized carbons (Fsp3) is 0.167. The van der Waals surface area contributed by atoms with Crippen molar-refractivity contribution in [2.45, 2.75) is 20.0 Å². The van der Waals surface area contributed by atoms with Crippen LogP contribution in [0.15, 0.2) is 76.1 Å². The highest BCUT2D eigenvalue weighted by Crippen LogP contribution is 2.21. The van der Waals surface area contributed by atoms with Crippen LogP contribution in [-0.2, 0) is 13.1 Å². The van der Waals surface area contributed by atoms with Gasteiger partial charge in [0, 0.05) is 22.0 Å². The fourth-order valence-electron chi connectivity index (χ4n) is 3.45. The first-order valence-electron chi connectivity index (χ1n) is 9.62. The van der Waals surface area contributed by atoms with E-state index in [1.54, 1.807) is 48.6 Å². The van der Waals surface area contributed by atoms with Crippen LogP contribution in [0.25, 0.3) is 10.9 Å². The fourth-order valence-corrected chi connectivity index (χ4v) is 3.45. The molecule has 0 radical (unpaired) electrons. The van der Waals surface area contributed by atoms with Crippen LogP contribution in [0.4, 0.5) is 0 Å². The van der Waals surface area contributed by atoms with E-state index in [2.05, 4.69) is 4.98 Å². The number of aryl methyl sites for hydroxylation is 1. The van der Waals surface area contributed by atoms with Crippen molar-refractivity contribution < 1.29 is 13.9 Å². The molecule has 30 heavy (non-hydrogen) atoms. The molecule has 4 aromatic rings. The van der Waals surface area contributed by atoms with Crippen molar-refractivity contribution in [3.63, 3.8) is 0 Å². The van der Waals surface area contributed by atoms with Gasteiger partial charge in [0.1, 0.15) is 11.5 Å². The van der Waals surface area contributed by atoms with Crippen LogP contribution in [0.2, 0.25) is 0 Å². The number of pyridine rings is 1. The summed E-state index contributed by atoms with van der Waals surface area (Å²) >= 11 is 0. The Morgan fingerprint density at radius 1 is 1.07 bits per heavy atom. The van der Waals surface area contributed by atoms with Crippen molar-refractivity contribution in [2.24, 2.45) is 0 Å². The molecule has 2 aromatic heterocycles. The minimum Gasteiger partial charge on any atom is -0.497 e. The van der Waals surface area contributed by atoms with Gasteiger partial charge in [-0.05, 0) is 55.0 Å². The lowest BCUT2D eigenvalue weighted by Crippen LogP contribution is -2.32. The van der Waals surface area contributed by atoms with Gasteiger partial charge in [-0.1, -0.05) is 18.2 Å². The molecule has 6 nitrogen and oxygen atoms in total. The minimum atomic E-state index is -0.227. The number of benzene rings is 2. The number of aromatic amines is 1. The first kappa shape index (κ1) is 19.5. The van der Waals surface area contributed by atoms with Crippen LogP contribution in [0, 0.1) is 6.92 Å². The van der Waals surface area contributed by atoms with Crippen LogP contribution in [0.5, 0.6) is 5.75 Å². The number of ether oxygens (including phenoxy) is 1. The third-order valence-electron chi connectivity index (χ3n) is 5.08. The van der Waals surface area contributed by atoms with E-state index in [0.29, 0.717) is 28.2 Å². The predicted octanol–water partition coefficient (Wildman–Crippen LogP) is 4.28. The van der Waals surface area contributed by atoms with E-state index in [1.807, 2.05) is 37.3 Å². The molecule has 152 valence electrons. The van der Waals surface area contributed by atoms with Gasteiger partial charge in [0.15, 0.2) is 0 Å². The van der Waals surface area contributed by atoms with Gasteiger partial charge in [-0.25, -0.2) is 0 Å². The molecule has 0 aliphatic heterocycles. The molecule has 0 saturated heterocycles. The summed E-state index contributed by atoms with van der Waals surface area (Å²) < 4.78 is 10.7. The minimum absolute atomic E-state index is 0.149. The van der Waals surface area contributed by atoms with Crippen molar-refractivity contribution >= 4 is 16.8 Å². The van der Waals surface area contributed by atoms with Crippen molar-refractivity contribution in [3.05, 3.63) is 99.7 Å². The highest BCUT2D eigenvalue weighted by Gasteiger charge is 2.20. The van der Waals surface area contributed by atoms with Gasteiger partial charge in [0.2, 0.25) is 0 Å². The van der Waals surface area contributed by atoms with Gasteiger partial charge < -0.3 is 19.0 Å². The molecule has 1 N–H and O–H groups in total.